The van der Waals surface area contributed by atoms with Gasteiger partial charge in [-0.15, -0.1) is 11.3 Å². The molecule has 3 heterocycles. The van der Waals surface area contributed by atoms with Crippen LogP contribution in [-0.2, 0) is 0 Å². The number of nitrogens with zero attached hydrogens (tertiary/aromatic N) is 2. The number of hydrogen-bond donors (Lipinski definition) is 2. The minimum atomic E-state index is -0.725. The van der Waals surface area contributed by atoms with Gasteiger partial charge >= 0.3 is 0 Å². The minimum absolute atomic E-state index is 0.0490. The van der Waals surface area contributed by atoms with Crippen LogP contribution in [-0.4, -0.2) is 35.1 Å². The third-order valence-corrected chi connectivity index (χ3v) is 5.62. The zero-order chi connectivity index (χ0) is 20.9. The van der Waals surface area contributed by atoms with E-state index < -0.39 is 17.5 Å². The first kappa shape index (κ1) is 20.4. The lowest BCUT2D eigenvalue weighted by molar-refractivity contribution is 0.102. The largest absolute Gasteiger partial charge is 0.488 e. The summed E-state index contributed by atoms with van der Waals surface area (Å²) in [4.78, 5) is 20.8. The molecule has 1 fully saturated rings. The summed E-state index contributed by atoms with van der Waals surface area (Å²) in [7, 11) is 0. The summed E-state index contributed by atoms with van der Waals surface area (Å²) in [5, 5.41) is 7.64. The van der Waals surface area contributed by atoms with Gasteiger partial charge in [0, 0.05) is 17.6 Å². The number of pyridine rings is 1. The van der Waals surface area contributed by atoms with Gasteiger partial charge in [-0.05, 0) is 44.5 Å². The Balaban J connectivity index is 1.50. The molecule has 4 rings (SSSR count). The van der Waals surface area contributed by atoms with Crippen molar-refractivity contribution in [2.45, 2.75) is 25.4 Å². The van der Waals surface area contributed by atoms with E-state index in [2.05, 4.69) is 20.6 Å². The highest BCUT2D eigenvalue weighted by Gasteiger charge is 2.20. The molecule has 1 atom stereocenters. The number of aromatic nitrogens is 2. The van der Waals surface area contributed by atoms with Gasteiger partial charge in [-0.25, -0.2) is 13.8 Å². The van der Waals surface area contributed by atoms with E-state index in [1.165, 1.54) is 17.6 Å². The molecule has 9 heteroatoms. The van der Waals surface area contributed by atoms with Gasteiger partial charge in [0.2, 0.25) is 0 Å². The highest BCUT2D eigenvalue weighted by Crippen LogP contribution is 2.30. The average Bonchev–Trinajstić information content (AvgIpc) is 3.07. The SMILES string of the molecule is O=C(Nc1cnccc1OC1CCCNCC1)c1csc(-c2c(F)cccc2F)n1. The Morgan fingerprint density at radius 1 is 1.20 bits per heavy atom. The van der Waals surface area contributed by atoms with E-state index in [1.807, 2.05) is 0 Å². The highest BCUT2D eigenvalue weighted by molar-refractivity contribution is 7.13. The molecule has 3 aromatic rings. The third kappa shape index (κ3) is 4.63. The molecule has 30 heavy (non-hydrogen) atoms. The van der Waals surface area contributed by atoms with Crippen molar-refractivity contribution in [3.63, 3.8) is 0 Å². The van der Waals surface area contributed by atoms with Crippen molar-refractivity contribution in [1.82, 2.24) is 15.3 Å². The van der Waals surface area contributed by atoms with Gasteiger partial charge in [-0.3, -0.25) is 9.78 Å². The van der Waals surface area contributed by atoms with E-state index in [4.69, 9.17) is 4.74 Å². The first-order chi connectivity index (χ1) is 14.6. The molecule has 2 N–H and O–H groups in total. The van der Waals surface area contributed by atoms with E-state index in [-0.39, 0.29) is 22.4 Å². The first-order valence-corrected chi connectivity index (χ1v) is 10.5. The number of halogens is 2. The molecule has 0 aliphatic carbocycles. The van der Waals surface area contributed by atoms with E-state index in [0.717, 1.165) is 55.8 Å². The van der Waals surface area contributed by atoms with Crippen LogP contribution < -0.4 is 15.4 Å². The summed E-state index contributed by atoms with van der Waals surface area (Å²) in [5.74, 6) is -1.43. The molecule has 0 saturated carbocycles. The van der Waals surface area contributed by atoms with E-state index >= 15 is 0 Å². The van der Waals surface area contributed by atoms with Crippen molar-refractivity contribution in [1.29, 1.82) is 0 Å². The number of amides is 1. The van der Waals surface area contributed by atoms with Crippen LogP contribution in [0.15, 0.2) is 42.0 Å². The predicted octanol–water partition coefficient (Wildman–Crippen LogP) is 4.26. The fraction of sp³-hybridized carbons (Fsp3) is 0.286. The first-order valence-electron chi connectivity index (χ1n) is 9.64. The van der Waals surface area contributed by atoms with Crippen molar-refractivity contribution < 1.29 is 18.3 Å². The molecular formula is C21H20F2N4O2S. The summed E-state index contributed by atoms with van der Waals surface area (Å²) in [5.41, 5.74) is 0.242. The molecule has 2 aromatic heterocycles. The van der Waals surface area contributed by atoms with Crippen molar-refractivity contribution in [3.05, 3.63) is 59.4 Å². The number of ether oxygens (including phenoxy) is 1. The second-order valence-corrected chi connectivity index (χ2v) is 7.74. The molecule has 1 unspecified atom stereocenters. The molecule has 1 aromatic carbocycles. The number of rotatable bonds is 5. The van der Waals surface area contributed by atoms with Crippen molar-refractivity contribution >= 4 is 22.9 Å². The van der Waals surface area contributed by atoms with Gasteiger partial charge in [0.15, 0.2) is 0 Å². The van der Waals surface area contributed by atoms with Gasteiger partial charge in [0.25, 0.3) is 5.91 Å². The lowest BCUT2D eigenvalue weighted by atomic mass is 10.1. The third-order valence-electron chi connectivity index (χ3n) is 4.76. The number of carbonyl (C=O) groups excluding carboxylic acids is 1. The molecule has 0 bridgehead atoms. The molecule has 1 amide bonds. The van der Waals surface area contributed by atoms with Crippen molar-refractivity contribution in [3.8, 4) is 16.3 Å². The van der Waals surface area contributed by atoms with Crippen LogP contribution in [0.2, 0.25) is 0 Å². The van der Waals surface area contributed by atoms with Gasteiger partial charge in [0.1, 0.15) is 39.9 Å². The molecular weight excluding hydrogens is 410 g/mol. The van der Waals surface area contributed by atoms with Crippen LogP contribution in [0.1, 0.15) is 29.8 Å². The number of nitrogens with one attached hydrogen (secondary N) is 2. The van der Waals surface area contributed by atoms with E-state index in [9.17, 15) is 13.6 Å². The van der Waals surface area contributed by atoms with Crippen molar-refractivity contribution in [2.24, 2.45) is 0 Å². The van der Waals surface area contributed by atoms with Gasteiger partial charge in [0.05, 0.1) is 11.8 Å². The fourth-order valence-corrected chi connectivity index (χ4v) is 4.09. The minimum Gasteiger partial charge on any atom is -0.488 e. The maximum Gasteiger partial charge on any atom is 0.275 e. The monoisotopic (exact) mass is 430 g/mol. The number of hydrogen-bond acceptors (Lipinski definition) is 6. The second-order valence-electron chi connectivity index (χ2n) is 6.88. The molecule has 0 radical (unpaired) electrons. The molecule has 0 spiro atoms. The molecule has 1 aliphatic rings. The Labute approximate surface area is 176 Å². The highest BCUT2D eigenvalue weighted by atomic mass is 32.1. The van der Waals surface area contributed by atoms with E-state index in [1.54, 1.807) is 12.3 Å². The lowest BCUT2D eigenvalue weighted by Crippen LogP contribution is -2.20. The van der Waals surface area contributed by atoms with Crippen LogP contribution >= 0.6 is 11.3 Å². The average molecular weight is 430 g/mol. The smallest absolute Gasteiger partial charge is 0.275 e. The summed E-state index contributed by atoms with van der Waals surface area (Å²) < 4.78 is 34.1. The summed E-state index contributed by atoms with van der Waals surface area (Å²) in [6, 6.07) is 5.29. The van der Waals surface area contributed by atoms with Crippen LogP contribution in [0.4, 0.5) is 14.5 Å². The zero-order valence-corrected chi connectivity index (χ0v) is 16.8. The van der Waals surface area contributed by atoms with Crippen LogP contribution in [0.3, 0.4) is 0 Å². The van der Waals surface area contributed by atoms with Crippen LogP contribution in [0.25, 0.3) is 10.6 Å². The Morgan fingerprint density at radius 2 is 2.03 bits per heavy atom. The van der Waals surface area contributed by atoms with Gasteiger partial charge in [-0.2, -0.15) is 0 Å². The Morgan fingerprint density at radius 3 is 2.87 bits per heavy atom. The maximum atomic E-state index is 14.0. The number of anilines is 1. The standard InChI is InChI=1S/C21H20F2N4O2S/c22-14-4-1-5-15(23)19(14)21-27-17(12-30-21)20(28)26-16-11-25-10-7-18(16)29-13-3-2-8-24-9-6-13/h1,4-5,7,10-13,24H,2-3,6,8-9H2,(H,26,28). The summed E-state index contributed by atoms with van der Waals surface area (Å²) in [6.45, 7) is 1.85. The Hall–Kier alpha value is -2.91. The molecule has 6 nitrogen and oxygen atoms in total. The maximum absolute atomic E-state index is 14.0. The molecule has 1 aliphatic heterocycles. The van der Waals surface area contributed by atoms with Gasteiger partial charge in [-0.1, -0.05) is 6.07 Å². The predicted molar refractivity (Wildman–Crippen MR) is 111 cm³/mol. The Kier molecular flexibility index (Phi) is 6.29. The normalized spacial score (nSPS) is 16.7. The van der Waals surface area contributed by atoms with E-state index in [0.29, 0.717) is 11.4 Å². The summed E-state index contributed by atoms with van der Waals surface area (Å²) in [6.07, 6.45) is 5.97. The lowest BCUT2D eigenvalue weighted by Gasteiger charge is -2.19. The number of thiazole rings is 1. The topological polar surface area (TPSA) is 76.1 Å². The Bertz CT molecular complexity index is 1020. The quantitative estimate of drug-likeness (QED) is 0.633. The number of benzene rings is 1. The van der Waals surface area contributed by atoms with Crippen molar-refractivity contribution in [2.75, 3.05) is 18.4 Å². The second kappa shape index (κ2) is 9.27. The molecule has 1 saturated heterocycles. The van der Waals surface area contributed by atoms with Crippen LogP contribution in [0, 0.1) is 11.6 Å². The summed E-state index contributed by atoms with van der Waals surface area (Å²) >= 11 is 0.999. The van der Waals surface area contributed by atoms with Crippen LogP contribution in [0.5, 0.6) is 5.75 Å². The zero-order valence-electron chi connectivity index (χ0n) is 16.0. The molecule has 156 valence electrons. The van der Waals surface area contributed by atoms with Gasteiger partial charge < -0.3 is 15.4 Å². The fourth-order valence-electron chi connectivity index (χ4n) is 3.24. The number of carbonyl (C=O) groups is 1.